The SMILES string of the molecule is C[C@H](c1ccc(C#N)c(OCc2cccnc2)c1)c1ccc(C(F)(F)F)cc1Br. The number of nitrogens with zero attached hydrogens (tertiary/aromatic N) is 2. The third kappa shape index (κ3) is 4.96. The van der Waals surface area contributed by atoms with Crippen LogP contribution in [-0.4, -0.2) is 4.98 Å². The van der Waals surface area contributed by atoms with E-state index in [-0.39, 0.29) is 12.5 Å². The van der Waals surface area contributed by atoms with Crippen molar-refractivity contribution < 1.29 is 17.9 Å². The van der Waals surface area contributed by atoms with Crippen molar-refractivity contribution in [3.05, 3.63) is 93.2 Å². The van der Waals surface area contributed by atoms with Crippen molar-refractivity contribution >= 4 is 15.9 Å². The molecule has 0 fully saturated rings. The minimum absolute atomic E-state index is 0.208. The van der Waals surface area contributed by atoms with Gasteiger partial charge in [-0.2, -0.15) is 18.4 Å². The Kier molecular flexibility index (Phi) is 6.23. The summed E-state index contributed by atoms with van der Waals surface area (Å²) in [5.74, 6) is 0.212. The Balaban J connectivity index is 1.88. The summed E-state index contributed by atoms with van der Waals surface area (Å²) in [7, 11) is 0. The number of hydrogen-bond donors (Lipinski definition) is 0. The number of aromatic nitrogens is 1. The number of ether oxygens (including phenoxy) is 1. The molecule has 0 N–H and O–H groups in total. The normalized spacial score (nSPS) is 12.3. The highest BCUT2D eigenvalue weighted by atomic mass is 79.9. The predicted octanol–water partition coefficient (Wildman–Crippen LogP) is 6.47. The minimum Gasteiger partial charge on any atom is -0.487 e. The highest BCUT2D eigenvalue weighted by Crippen LogP contribution is 2.37. The maximum absolute atomic E-state index is 12.9. The smallest absolute Gasteiger partial charge is 0.416 e. The van der Waals surface area contributed by atoms with Gasteiger partial charge in [0.2, 0.25) is 0 Å². The fraction of sp³-hybridized carbons (Fsp3) is 0.182. The molecule has 7 heteroatoms. The summed E-state index contributed by atoms with van der Waals surface area (Å²) in [5.41, 5.74) is 2.07. The van der Waals surface area contributed by atoms with Crippen molar-refractivity contribution in [3.63, 3.8) is 0 Å². The fourth-order valence-electron chi connectivity index (χ4n) is 2.90. The van der Waals surface area contributed by atoms with Gasteiger partial charge in [0, 0.05) is 28.3 Å². The lowest BCUT2D eigenvalue weighted by atomic mass is 9.91. The van der Waals surface area contributed by atoms with Gasteiger partial charge in [0.15, 0.2) is 0 Å². The van der Waals surface area contributed by atoms with Gasteiger partial charge in [0.1, 0.15) is 18.4 Å². The second-order valence-corrected chi connectivity index (χ2v) is 7.33. The first-order valence-electron chi connectivity index (χ1n) is 8.72. The number of hydrogen-bond acceptors (Lipinski definition) is 3. The van der Waals surface area contributed by atoms with Crippen molar-refractivity contribution in [1.82, 2.24) is 4.98 Å². The molecule has 0 radical (unpaired) electrons. The largest absolute Gasteiger partial charge is 0.487 e. The van der Waals surface area contributed by atoms with Crippen LogP contribution in [0.15, 0.2) is 65.4 Å². The number of halogens is 4. The summed E-state index contributed by atoms with van der Waals surface area (Å²) in [5, 5.41) is 9.36. The molecule has 0 aliphatic heterocycles. The van der Waals surface area contributed by atoms with E-state index >= 15 is 0 Å². The summed E-state index contributed by atoms with van der Waals surface area (Å²) in [6.07, 6.45) is -1.06. The zero-order valence-corrected chi connectivity index (χ0v) is 17.0. The van der Waals surface area contributed by atoms with Gasteiger partial charge in [-0.1, -0.05) is 41.1 Å². The van der Waals surface area contributed by atoms with E-state index in [9.17, 15) is 18.4 Å². The van der Waals surface area contributed by atoms with E-state index in [1.807, 2.05) is 13.0 Å². The van der Waals surface area contributed by atoms with Gasteiger partial charge in [-0.05, 0) is 41.5 Å². The Morgan fingerprint density at radius 1 is 1.17 bits per heavy atom. The molecular weight excluding hydrogens is 445 g/mol. The molecule has 3 aromatic rings. The molecule has 3 nitrogen and oxygen atoms in total. The van der Waals surface area contributed by atoms with E-state index in [1.54, 1.807) is 36.7 Å². The maximum atomic E-state index is 12.9. The topological polar surface area (TPSA) is 45.9 Å². The van der Waals surface area contributed by atoms with Crippen LogP contribution >= 0.6 is 15.9 Å². The monoisotopic (exact) mass is 460 g/mol. The molecule has 0 bridgehead atoms. The molecule has 1 aromatic heterocycles. The lowest BCUT2D eigenvalue weighted by Gasteiger charge is -2.18. The van der Waals surface area contributed by atoms with Gasteiger partial charge in [-0.25, -0.2) is 0 Å². The molecule has 0 spiro atoms. The summed E-state index contributed by atoms with van der Waals surface area (Å²) in [4.78, 5) is 4.03. The molecule has 148 valence electrons. The highest BCUT2D eigenvalue weighted by molar-refractivity contribution is 9.10. The molecule has 0 unspecified atom stereocenters. The molecule has 0 aliphatic rings. The van der Waals surface area contributed by atoms with Gasteiger partial charge in [-0.15, -0.1) is 0 Å². The summed E-state index contributed by atoms with van der Waals surface area (Å²) >= 11 is 3.25. The second kappa shape index (κ2) is 8.66. The van der Waals surface area contributed by atoms with E-state index in [0.717, 1.165) is 23.3 Å². The Morgan fingerprint density at radius 2 is 1.97 bits per heavy atom. The number of alkyl halides is 3. The molecule has 3 rings (SSSR count). The van der Waals surface area contributed by atoms with Crippen LogP contribution < -0.4 is 4.74 Å². The molecule has 29 heavy (non-hydrogen) atoms. The fourth-order valence-corrected chi connectivity index (χ4v) is 3.62. The van der Waals surface area contributed by atoms with E-state index in [0.29, 0.717) is 21.3 Å². The average molecular weight is 461 g/mol. The van der Waals surface area contributed by atoms with Gasteiger partial charge < -0.3 is 4.74 Å². The lowest BCUT2D eigenvalue weighted by molar-refractivity contribution is -0.137. The summed E-state index contributed by atoms with van der Waals surface area (Å²) < 4.78 is 44.9. The van der Waals surface area contributed by atoms with Crippen LogP contribution in [0, 0.1) is 11.3 Å². The zero-order chi connectivity index (χ0) is 21.0. The van der Waals surface area contributed by atoms with Crippen molar-refractivity contribution in [2.75, 3.05) is 0 Å². The molecule has 0 aliphatic carbocycles. The first-order valence-corrected chi connectivity index (χ1v) is 9.51. The molecule has 0 saturated carbocycles. The first-order chi connectivity index (χ1) is 13.8. The van der Waals surface area contributed by atoms with E-state index in [2.05, 4.69) is 27.0 Å². The molecular formula is C22H16BrF3N2O. The van der Waals surface area contributed by atoms with Gasteiger partial charge in [0.25, 0.3) is 0 Å². The van der Waals surface area contributed by atoms with Crippen LogP contribution in [0.3, 0.4) is 0 Å². The maximum Gasteiger partial charge on any atom is 0.416 e. The number of nitriles is 1. The Morgan fingerprint density at radius 3 is 2.59 bits per heavy atom. The quantitative estimate of drug-likeness (QED) is 0.438. The standard InChI is InChI=1S/C22H16BrF3N2O/c1-14(19-7-6-18(10-20(19)23)22(24,25)26)16-4-5-17(11-27)21(9-16)29-13-15-3-2-8-28-12-15/h2-10,12,14H,13H2,1H3/t14-/m1/s1. The molecule has 2 aromatic carbocycles. The number of benzene rings is 2. The zero-order valence-electron chi connectivity index (χ0n) is 15.4. The highest BCUT2D eigenvalue weighted by Gasteiger charge is 2.31. The van der Waals surface area contributed by atoms with Crippen molar-refractivity contribution in [3.8, 4) is 11.8 Å². The molecule has 1 heterocycles. The third-order valence-corrected chi connectivity index (χ3v) is 5.22. The molecule has 1 atom stereocenters. The number of rotatable bonds is 5. The first kappa shape index (κ1) is 20.9. The summed E-state index contributed by atoms with van der Waals surface area (Å²) in [6, 6.07) is 14.6. The third-order valence-electron chi connectivity index (χ3n) is 4.54. The molecule has 0 amide bonds. The van der Waals surface area contributed by atoms with Crippen LogP contribution in [0.25, 0.3) is 0 Å². The second-order valence-electron chi connectivity index (χ2n) is 6.47. The lowest BCUT2D eigenvalue weighted by Crippen LogP contribution is -2.06. The van der Waals surface area contributed by atoms with Crippen LogP contribution in [0.5, 0.6) is 5.75 Å². The van der Waals surface area contributed by atoms with Crippen LogP contribution in [0.2, 0.25) is 0 Å². The average Bonchev–Trinajstić information content (AvgIpc) is 2.71. The van der Waals surface area contributed by atoms with Crippen LogP contribution in [0.4, 0.5) is 13.2 Å². The summed E-state index contributed by atoms with van der Waals surface area (Å²) in [6.45, 7) is 2.14. The van der Waals surface area contributed by atoms with E-state index in [4.69, 9.17) is 4.74 Å². The van der Waals surface area contributed by atoms with Crippen molar-refractivity contribution in [2.45, 2.75) is 25.6 Å². The Labute approximate surface area is 174 Å². The van der Waals surface area contributed by atoms with Crippen molar-refractivity contribution in [2.24, 2.45) is 0 Å². The number of pyridine rings is 1. The minimum atomic E-state index is -4.40. The van der Waals surface area contributed by atoms with Crippen LogP contribution in [0.1, 0.15) is 40.7 Å². The van der Waals surface area contributed by atoms with Crippen LogP contribution in [-0.2, 0) is 12.8 Å². The Bertz CT molecular complexity index is 1050. The van der Waals surface area contributed by atoms with Gasteiger partial charge >= 0.3 is 6.18 Å². The van der Waals surface area contributed by atoms with E-state index in [1.165, 1.54) is 6.07 Å². The molecule has 0 saturated heterocycles. The van der Waals surface area contributed by atoms with E-state index < -0.39 is 11.7 Å². The Hall–Kier alpha value is -2.85. The van der Waals surface area contributed by atoms with Crippen molar-refractivity contribution in [1.29, 1.82) is 5.26 Å². The predicted molar refractivity (Wildman–Crippen MR) is 106 cm³/mol. The van der Waals surface area contributed by atoms with Gasteiger partial charge in [-0.3, -0.25) is 4.98 Å². The van der Waals surface area contributed by atoms with Gasteiger partial charge in [0.05, 0.1) is 11.1 Å².